The third-order valence-corrected chi connectivity index (χ3v) is 1.90. The van der Waals surface area contributed by atoms with Crippen molar-refractivity contribution in [2.45, 2.75) is 33.6 Å². The molecule has 0 aromatic rings. The maximum atomic E-state index is 3.98. The van der Waals surface area contributed by atoms with Crippen LogP contribution in [0.3, 0.4) is 0 Å². The van der Waals surface area contributed by atoms with Gasteiger partial charge in [-0.15, -0.1) is 6.58 Å². The third-order valence-electron chi connectivity index (χ3n) is 1.90. The maximum absolute atomic E-state index is 3.98. The van der Waals surface area contributed by atoms with Crippen molar-refractivity contribution in [3.63, 3.8) is 0 Å². The Morgan fingerprint density at radius 2 is 1.77 bits per heavy atom. The molecule has 0 nitrogen and oxygen atoms in total. The second-order valence-electron chi connectivity index (χ2n) is 3.50. The number of hydrogen-bond donors (Lipinski definition) is 0. The van der Waals surface area contributed by atoms with E-state index in [4.69, 9.17) is 0 Å². The average Bonchev–Trinajstić information content (AvgIpc) is 2.04. The van der Waals surface area contributed by atoms with Gasteiger partial charge in [0.2, 0.25) is 0 Å². The second-order valence-corrected chi connectivity index (χ2v) is 3.50. The van der Waals surface area contributed by atoms with Crippen LogP contribution in [-0.2, 0) is 0 Å². The van der Waals surface area contributed by atoms with Gasteiger partial charge in [-0.1, -0.05) is 36.0 Å². The van der Waals surface area contributed by atoms with E-state index in [1.54, 1.807) is 0 Å². The normalized spacial score (nSPS) is 10.8. The van der Waals surface area contributed by atoms with E-state index in [0.717, 1.165) is 18.4 Å². The molecule has 0 aliphatic rings. The Balaban J connectivity index is 4.09. The Bertz CT molecular complexity index is 235. The molecule has 13 heavy (non-hydrogen) atoms. The van der Waals surface area contributed by atoms with Crippen LogP contribution in [0.15, 0.2) is 48.1 Å². The second kappa shape index (κ2) is 6.47. The predicted molar refractivity (Wildman–Crippen MR) is 61.8 cm³/mol. The zero-order valence-electron chi connectivity index (χ0n) is 9.06. The number of hydrogen-bond acceptors (Lipinski definition) is 0. The standard InChI is InChI=1S/C13H20/c1-6-8-12(4)13(5)10-7-9-11(2)3/h6,9-10H,1,4,7-8H2,2-3,5H3. The van der Waals surface area contributed by atoms with Crippen LogP contribution in [0.4, 0.5) is 0 Å². The molecular formula is C13H20. The monoisotopic (exact) mass is 176 g/mol. The molecule has 0 aliphatic carbocycles. The first kappa shape index (κ1) is 12.0. The third kappa shape index (κ3) is 6.15. The van der Waals surface area contributed by atoms with Crippen molar-refractivity contribution in [3.8, 4) is 0 Å². The summed E-state index contributed by atoms with van der Waals surface area (Å²) in [4.78, 5) is 0. The van der Waals surface area contributed by atoms with Gasteiger partial charge in [0.05, 0.1) is 0 Å². The van der Waals surface area contributed by atoms with Gasteiger partial charge in [-0.3, -0.25) is 0 Å². The van der Waals surface area contributed by atoms with Gasteiger partial charge in [-0.05, 0) is 39.2 Å². The largest absolute Gasteiger partial charge is 0.103 e. The lowest BCUT2D eigenvalue weighted by molar-refractivity contribution is 1.18. The van der Waals surface area contributed by atoms with Gasteiger partial charge < -0.3 is 0 Å². The van der Waals surface area contributed by atoms with E-state index in [1.165, 1.54) is 11.1 Å². The van der Waals surface area contributed by atoms with E-state index in [0.29, 0.717) is 0 Å². The summed E-state index contributed by atoms with van der Waals surface area (Å²) in [5, 5.41) is 0. The van der Waals surface area contributed by atoms with E-state index < -0.39 is 0 Å². The molecule has 0 saturated carbocycles. The van der Waals surface area contributed by atoms with Crippen LogP contribution < -0.4 is 0 Å². The van der Waals surface area contributed by atoms with Gasteiger partial charge in [-0.25, -0.2) is 0 Å². The van der Waals surface area contributed by atoms with Crippen molar-refractivity contribution in [2.75, 3.05) is 0 Å². The Morgan fingerprint density at radius 1 is 1.15 bits per heavy atom. The highest BCUT2D eigenvalue weighted by Gasteiger charge is 1.92. The first-order valence-corrected chi connectivity index (χ1v) is 4.67. The lowest BCUT2D eigenvalue weighted by Crippen LogP contribution is -1.81. The molecule has 0 unspecified atom stereocenters. The van der Waals surface area contributed by atoms with E-state index in [-0.39, 0.29) is 0 Å². The summed E-state index contributed by atoms with van der Waals surface area (Å²) < 4.78 is 0. The summed E-state index contributed by atoms with van der Waals surface area (Å²) in [5.74, 6) is 0. The fourth-order valence-corrected chi connectivity index (χ4v) is 0.951. The first-order chi connectivity index (χ1) is 6.07. The minimum Gasteiger partial charge on any atom is -0.103 e. The summed E-state index contributed by atoms with van der Waals surface area (Å²) in [6, 6.07) is 0. The minimum atomic E-state index is 0.886. The molecule has 0 radical (unpaired) electrons. The van der Waals surface area contributed by atoms with E-state index in [9.17, 15) is 0 Å². The summed E-state index contributed by atoms with van der Waals surface area (Å²) in [6.07, 6.45) is 8.20. The molecule has 0 bridgehead atoms. The molecule has 0 N–H and O–H groups in total. The van der Waals surface area contributed by atoms with E-state index in [2.05, 4.69) is 46.1 Å². The molecule has 0 heteroatoms. The van der Waals surface area contributed by atoms with Crippen LogP contribution in [0.1, 0.15) is 33.6 Å². The van der Waals surface area contributed by atoms with Crippen molar-refractivity contribution < 1.29 is 0 Å². The number of rotatable bonds is 5. The summed E-state index contributed by atoms with van der Waals surface area (Å²) in [7, 11) is 0. The van der Waals surface area contributed by atoms with Gasteiger partial charge in [0.1, 0.15) is 0 Å². The van der Waals surface area contributed by atoms with Gasteiger partial charge in [-0.2, -0.15) is 0 Å². The molecule has 0 saturated heterocycles. The highest BCUT2D eigenvalue weighted by molar-refractivity contribution is 5.28. The van der Waals surface area contributed by atoms with E-state index in [1.807, 2.05) is 6.08 Å². The zero-order valence-corrected chi connectivity index (χ0v) is 9.06. The lowest BCUT2D eigenvalue weighted by atomic mass is 10.1. The highest BCUT2D eigenvalue weighted by atomic mass is 14.0. The van der Waals surface area contributed by atoms with Crippen molar-refractivity contribution in [2.24, 2.45) is 0 Å². The van der Waals surface area contributed by atoms with Crippen molar-refractivity contribution in [1.29, 1.82) is 0 Å². The van der Waals surface area contributed by atoms with Gasteiger partial charge in [0, 0.05) is 0 Å². The Hall–Kier alpha value is -1.04. The topological polar surface area (TPSA) is 0 Å². The molecule has 0 rings (SSSR count). The van der Waals surface area contributed by atoms with Gasteiger partial charge >= 0.3 is 0 Å². The molecule has 0 spiro atoms. The van der Waals surface area contributed by atoms with Crippen LogP contribution in [0, 0.1) is 0 Å². The highest BCUT2D eigenvalue weighted by Crippen LogP contribution is 2.12. The molecule has 0 aromatic heterocycles. The predicted octanol–water partition coefficient (Wildman–Crippen LogP) is 4.42. The molecule has 0 aliphatic heterocycles. The molecule has 0 heterocycles. The molecule has 0 amide bonds. The molecular weight excluding hydrogens is 156 g/mol. The van der Waals surface area contributed by atoms with Gasteiger partial charge in [0.15, 0.2) is 0 Å². The van der Waals surface area contributed by atoms with Crippen LogP contribution in [0.2, 0.25) is 0 Å². The quantitative estimate of drug-likeness (QED) is 0.429. The minimum absolute atomic E-state index is 0.886. The maximum Gasteiger partial charge on any atom is -0.0103 e. The van der Waals surface area contributed by atoms with Crippen molar-refractivity contribution in [3.05, 3.63) is 48.1 Å². The van der Waals surface area contributed by atoms with Crippen LogP contribution in [0.25, 0.3) is 0 Å². The Morgan fingerprint density at radius 3 is 2.23 bits per heavy atom. The van der Waals surface area contributed by atoms with E-state index >= 15 is 0 Å². The van der Waals surface area contributed by atoms with Crippen molar-refractivity contribution >= 4 is 0 Å². The number of allylic oxidation sites excluding steroid dienone is 6. The summed E-state index contributed by atoms with van der Waals surface area (Å²) >= 11 is 0. The first-order valence-electron chi connectivity index (χ1n) is 4.67. The van der Waals surface area contributed by atoms with Gasteiger partial charge in [0.25, 0.3) is 0 Å². The fraction of sp³-hybridized carbons (Fsp3) is 0.385. The smallest absolute Gasteiger partial charge is 0.0103 e. The Kier molecular flexibility index (Phi) is 5.96. The van der Waals surface area contributed by atoms with Crippen LogP contribution >= 0.6 is 0 Å². The SMILES string of the molecule is C=CCC(=C)C(C)=CCC=C(C)C. The molecule has 72 valence electrons. The van der Waals surface area contributed by atoms with Crippen LogP contribution in [-0.4, -0.2) is 0 Å². The molecule has 0 aromatic carbocycles. The Labute approximate surface area is 82.4 Å². The zero-order chi connectivity index (χ0) is 10.3. The average molecular weight is 176 g/mol. The molecule has 0 atom stereocenters. The molecule has 0 fully saturated rings. The summed E-state index contributed by atoms with van der Waals surface area (Å²) in [6.45, 7) is 14.0. The van der Waals surface area contributed by atoms with Crippen LogP contribution in [0.5, 0.6) is 0 Å². The fourth-order valence-electron chi connectivity index (χ4n) is 0.951. The van der Waals surface area contributed by atoms with Crippen molar-refractivity contribution in [1.82, 2.24) is 0 Å². The lowest BCUT2D eigenvalue weighted by Gasteiger charge is -2.01. The summed E-state index contributed by atoms with van der Waals surface area (Å²) in [5.41, 5.74) is 3.80.